The van der Waals surface area contributed by atoms with Crippen molar-refractivity contribution < 1.29 is 13.9 Å². The minimum atomic E-state index is -0.323. The molecule has 24 heavy (non-hydrogen) atoms. The van der Waals surface area contributed by atoms with E-state index in [2.05, 4.69) is 5.32 Å². The van der Waals surface area contributed by atoms with Crippen molar-refractivity contribution in [2.24, 2.45) is 23.5 Å². The number of rotatable bonds is 5. The number of ether oxygens (including phenoxy) is 1. The number of hydrogen-bond acceptors (Lipinski definition) is 3. The molecule has 1 aromatic rings. The first-order valence-electron chi connectivity index (χ1n) is 8.55. The normalized spacial score (nSPS) is 28.6. The average Bonchev–Trinajstić information content (AvgIpc) is 2.51. The van der Waals surface area contributed by atoms with E-state index in [4.69, 9.17) is 10.5 Å². The highest BCUT2D eigenvalue weighted by atomic mass is 35.5. The number of carbonyl (C=O) groups excluding carboxylic acids is 1. The highest BCUT2D eigenvalue weighted by Gasteiger charge is 2.40. The fourth-order valence-corrected chi connectivity index (χ4v) is 4.05. The minimum Gasteiger partial charge on any atom is -0.492 e. The molecule has 0 aromatic heterocycles. The number of nitrogens with two attached hydrogens (primary N) is 1. The van der Waals surface area contributed by atoms with Crippen molar-refractivity contribution >= 4 is 18.3 Å². The van der Waals surface area contributed by atoms with Crippen molar-refractivity contribution in [3.63, 3.8) is 0 Å². The lowest BCUT2D eigenvalue weighted by molar-refractivity contribution is -0.128. The van der Waals surface area contributed by atoms with Crippen LogP contribution < -0.4 is 15.8 Å². The van der Waals surface area contributed by atoms with Crippen LogP contribution in [0.15, 0.2) is 24.3 Å². The molecule has 0 spiro atoms. The van der Waals surface area contributed by atoms with Crippen molar-refractivity contribution in [2.75, 3.05) is 13.2 Å². The van der Waals surface area contributed by atoms with E-state index >= 15 is 0 Å². The Morgan fingerprint density at radius 2 is 2.00 bits per heavy atom. The van der Waals surface area contributed by atoms with Gasteiger partial charge in [-0.3, -0.25) is 4.79 Å². The lowest BCUT2D eigenvalue weighted by Crippen LogP contribution is -2.49. The predicted octanol–water partition coefficient (Wildman–Crippen LogP) is 2.90. The number of carbonyl (C=O) groups is 1. The van der Waals surface area contributed by atoms with E-state index in [-0.39, 0.29) is 36.1 Å². The van der Waals surface area contributed by atoms with Crippen LogP contribution in [0.25, 0.3) is 0 Å². The van der Waals surface area contributed by atoms with E-state index in [1.165, 1.54) is 18.6 Å². The summed E-state index contributed by atoms with van der Waals surface area (Å²) in [5.74, 6) is 1.36. The number of halogens is 2. The third-order valence-electron chi connectivity index (χ3n) is 5.25. The van der Waals surface area contributed by atoms with Gasteiger partial charge in [-0.05, 0) is 49.7 Å². The lowest BCUT2D eigenvalue weighted by atomic mass is 9.65. The Kier molecular flexibility index (Phi) is 6.87. The molecule has 2 fully saturated rings. The Morgan fingerprint density at radius 1 is 1.29 bits per heavy atom. The molecule has 2 bridgehead atoms. The monoisotopic (exact) mass is 356 g/mol. The molecule has 0 aliphatic heterocycles. The van der Waals surface area contributed by atoms with Crippen molar-refractivity contribution in [1.29, 1.82) is 0 Å². The number of nitrogens with one attached hydrogen (secondary N) is 1. The van der Waals surface area contributed by atoms with Crippen molar-refractivity contribution in [3.8, 4) is 5.75 Å². The lowest BCUT2D eigenvalue weighted by Gasteiger charge is -2.43. The molecule has 2 aliphatic carbocycles. The number of benzene rings is 1. The second-order valence-corrected chi connectivity index (χ2v) is 6.79. The molecule has 2 atom stereocenters. The van der Waals surface area contributed by atoms with Crippen LogP contribution in [0.1, 0.15) is 32.1 Å². The molecule has 2 unspecified atom stereocenters. The van der Waals surface area contributed by atoms with Gasteiger partial charge in [0.15, 0.2) is 0 Å². The molecule has 134 valence electrons. The van der Waals surface area contributed by atoms with Gasteiger partial charge in [-0.15, -0.1) is 12.4 Å². The molecular formula is C18H26ClFN2O2. The first-order valence-corrected chi connectivity index (χ1v) is 8.55. The van der Waals surface area contributed by atoms with Gasteiger partial charge in [-0.1, -0.05) is 12.5 Å². The smallest absolute Gasteiger partial charge is 0.223 e. The zero-order valence-electron chi connectivity index (χ0n) is 13.7. The maximum atomic E-state index is 13.0. The van der Waals surface area contributed by atoms with Crippen LogP contribution in [0, 0.1) is 23.6 Å². The largest absolute Gasteiger partial charge is 0.492 e. The van der Waals surface area contributed by atoms with Gasteiger partial charge in [0.2, 0.25) is 5.91 Å². The summed E-state index contributed by atoms with van der Waals surface area (Å²) in [6.45, 7) is 0.779. The Hall–Kier alpha value is -1.33. The highest BCUT2D eigenvalue weighted by molar-refractivity contribution is 5.85. The van der Waals surface area contributed by atoms with Crippen LogP contribution in [0.3, 0.4) is 0 Å². The number of amides is 1. The van der Waals surface area contributed by atoms with E-state index in [1.54, 1.807) is 12.1 Å². The summed E-state index contributed by atoms with van der Waals surface area (Å²) in [5, 5.41) is 2.94. The van der Waals surface area contributed by atoms with Gasteiger partial charge in [-0.25, -0.2) is 4.39 Å². The molecule has 1 aromatic carbocycles. The van der Waals surface area contributed by atoms with Gasteiger partial charge < -0.3 is 15.8 Å². The van der Waals surface area contributed by atoms with Crippen LogP contribution >= 0.6 is 12.4 Å². The molecule has 2 saturated carbocycles. The van der Waals surface area contributed by atoms with Crippen LogP contribution in [0.4, 0.5) is 4.39 Å². The summed E-state index contributed by atoms with van der Waals surface area (Å²) in [6.07, 6.45) is 5.38. The highest BCUT2D eigenvalue weighted by Crippen LogP contribution is 2.41. The summed E-state index contributed by atoms with van der Waals surface area (Å²) >= 11 is 0. The zero-order valence-corrected chi connectivity index (χ0v) is 14.6. The fourth-order valence-electron chi connectivity index (χ4n) is 4.05. The topological polar surface area (TPSA) is 64.4 Å². The van der Waals surface area contributed by atoms with Gasteiger partial charge in [-0.2, -0.15) is 0 Å². The Labute approximate surface area is 148 Å². The maximum Gasteiger partial charge on any atom is 0.223 e. The molecule has 2 aliphatic rings. The first-order chi connectivity index (χ1) is 11.1. The molecule has 1 amide bonds. The van der Waals surface area contributed by atoms with E-state index < -0.39 is 0 Å². The molecule has 3 rings (SSSR count). The molecule has 4 nitrogen and oxygen atoms in total. The summed E-state index contributed by atoms with van der Waals surface area (Å²) in [7, 11) is 0. The molecule has 3 N–H and O–H groups in total. The van der Waals surface area contributed by atoms with E-state index in [0.717, 1.165) is 25.7 Å². The molecule has 0 heterocycles. The summed E-state index contributed by atoms with van der Waals surface area (Å²) in [6, 6.07) is 6.30. The van der Waals surface area contributed by atoms with E-state index in [1.807, 2.05) is 0 Å². The summed E-state index contributed by atoms with van der Waals surface area (Å²) < 4.78 is 18.5. The summed E-state index contributed by atoms with van der Waals surface area (Å²) in [4.78, 5) is 12.3. The van der Waals surface area contributed by atoms with Crippen LogP contribution in [0.5, 0.6) is 5.75 Å². The number of fused-ring (bicyclic) bond motifs is 2. The van der Waals surface area contributed by atoms with E-state index in [9.17, 15) is 9.18 Å². The zero-order chi connectivity index (χ0) is 16.2. The van der Waals surface area contributed by atoms with Gasteiger partial charge in [0.25, 0.3) is 0 Å². The third-order valence-corrected chi connectivity index (χ3v) is 5.25. The Bertz CT molecular complexity index is 544. The molecule has 6 heteroatoms. The van der Waals surface area contributed by atoms with Crippen molar-refractivity contribution in [3.05, 3.63) is 30.1 Å². The fraction of sp³-hybridized carbons (Fsp3) is 0.611. The van der Waals surface area contributed by atoms with Gasteiger partial charge >= 0.3 is 0 Å². The molecule has 0 saturated heterocycles. The summed E-state index contributed by atoms with van der Waals surface area (Å²) in [5.41, 5.74) is 6.26. The van der Waals surface area contributed by atoms with Crippen molar-refractivity contribution in [2.45, 2.75) is 38.1 Å². The standard InChI is InChI=1S/C18H25FN2O2.ClH/c19-15-5-2-6-16(11-15)23-8-7-21-18(22)14-9-12-3-1-4-13(10-14)17(12)20;/h2,5-6,11-14,17H,1,3-4,7-10,20H2,(H,21,22);1H. The predicted molar refractivity (Wildman–Crippen MR) is 93.7 cm³/mol. The average molecular weight is 357 g/mol. The Morgan fingerprint density at radius 3 is 2.67 bits per heavy atom. The second-order valence-electron chi connectivity index (χ2n) is 6.79. The maximum absolute atomic E-state index is 13.0. The van der Waals surface area contributed by atoms with Crippen LogP contribution in [-0.2, 0) is 4.79 Å². The second kappa shape index (κ2) is 8.67. The first kappa shape index (κ1) is 19.0. The van der Waals surface area contributed by atoms with Crippen molar-refractivity contribution in [1.82, 2.24) is 5.32 Å². The molecular weight excluding hydrogens is 331 g/mol. The van der Waals surface area contributed by atoms with Gasteiger partial charge in [0, 0.05) is 18.0 Å². The third kappa shape index (κ3) is 4.61. The van der Waals surface area contributed by atoms with E-state index in [0.29, 0.717) is 30.7 Å². The van der Waals surface area contributed by atoms with Crippen LogP contribution in [-0.4, -0.2) is 25.1 Å². The minimum absolute atomic E-state index is 0. The Balaban J connectivity index is 0.00000208. The van der Waals surface area contributed by atoms with Crippen LogP contribution in [0.2, 0.25) is 0 Å². The number of hydrogen-bond donors (Lipinski definition) is 2. The van der Waals surface area contributed by atoms with Gasteiger partial charge in [0.05, 0.1) is 6.54 Å². The van der Waals surface area contributed by atoms with Gasteiger partial charge in [0.1, 0.15) is 18.2 Å². The molecule has 0 radical (unpaired) electrons. The SMILES string of the molecule is Cl.NC1C2CCCC1CC(C(=O)NCCOc1cccc(F)c1)C2. The quantitative estimate of drug-likeness (QED) is 0.797.